The Hall–Kier alpha value is -7.92. The van der Waals surface area contributed by atoms with Gasteiger partial charge >= 0.3 is 0 Å². The molecule has 0 bridgehead atoms. The number of aromatic nitrogens is 12. The van der Waals surface area contributed by atoms with Crippen LogP contribution in [-0.2, 0) is 105 Å². The topological polar surface area (TPSA) is 410 Å². The molecular formula is C49H82N22O12. The zero-order chi connectivity index (χ0) is 59.7. The van der Waals surface area contributed by atoms with Crippen LogP contribution in [0.5, 0.6) is 0 Å². The van der Waals surface area contributed by atoms with E-state index in [2.05, 4.69) is 88.9 Å². The summed E-state index contributed by atoms with van der Waals surface area (Å²) in [6.45, 7) is 4.75. The Labute approximate surface area is 480 Å². The normalized spacial score (nSPS) is 11.1. The first-order valence-electron chi connectivity index (χ1n) is 27.5. The van der Waals surface area contributed by atoms with E-state index < -0.39 is 0 Å². The zero-order valence-corrected chi connectivity index (χ0v) is 47.7. The van der Waals surface area contributed by atoms with E-state index >= 15 is 0 Å². The molecule has 4 aromatic heterocycles. The average molecular weight is 1170 g/mol. The highest BCUT2D eigenvalue weighted by atomic mass is 16.5. The van der Waals surface area contributed by atoms with Crippen molar-refractivity contribution in [2.75, 3.05) is 118 Å². The van der Waals surface area contributed by atoms with Crippen LogP contribution in [0.25, 0.3) is 0 Å². The van der Waals surface area contributed by atoms with Crippen LogP contribution in [0.2, 0.25) is 0 Å². The summed E-state index contributed by atoms with van der Waals surface area (Å²) in [5.74, 6) is -2.11. The van der Waals surface area contributed by atoms with Crippen molar-refractivity contribution in [3.05, 3.63) is 47.6 Å². The molecule has 4 aromatic rings. The number of carbonyl (C=O) groups excluding carboxylic acids is 8. The SMILES string of the molecule is Cn1cc(COCCC(=O)NCCNC(=O)CCN(CCC(=O)NCCNC(=O)CCOCc2cn(C)nn2)CCN(CCC(=O)NCCNC(=O)CCOCc2cn(C)nn2)CCC(=O)NCCNC(=O)CCOCc2cn[nH]n2)nn1. The van der Waals surface area contributed by atoms with Gasteiger partial charge in [-0.3, -0.25) is 52.4 Å². The summed E-state index contributed by atoms with van der Waals surface area (Å²) in [6.07, 6.45) is 7.38. The maximum absolute atomic E-state index is 13.1. The molecule has 9 N–H and O–H groups in total. The van der Waals surface area contributed by atoms with Gasteiger partial charge < -0.3 is 71.3 Å². The minimum atomic E-state index is -0.282. The predicted molar refractivity (Wildman–Crippen MR) is 292 cm³/mol. The first-order valence-corrected chi connectivity index (χ1v) is 27.5. The summed E-state index contributed by atoms with van der Waals surface area (Å²) in [5, 5.41) is 55.6. The summed E-state index contributed by atoms with van der Waals surface area (Å²) in [7, 11) is 5.23. The van der Waals surface area contributed by atoms with Crippen molar-refractivity contribution < 1.29 is 57.3 Å². The van der Waals surface area contributed by atoms with Gasteiger partial charge in [-0.2, -0.15) is 15.4 Å². The van der Waals surface area contributed by atoms with E-state index in [1.807, 2.05) is 9.80 Å². The molecule has 0 saturated carbocycles. The number of aromatic amines is 1. The number of hydrogen-bond acceptors (Lipinski definition) is 22. The van der Waals surface area contributed by atoms with E-state index in [-0.39, 0.29) is 230 Å². The van der Waals surface area contributed by atoms with Gasteiger partial charge in [0.2, 0.25) is 47.3 Å². The lowest BCUT2D eigenvalue weighted by Gasteiger charge is -2.27. The number of hydrogen-bond donors (Lipinski definition) is 9. The zero-order valence-electron chi connectivity index (χ0n) is 47.7. The second-order valence-corrected chi connectivity index (χ2v) is 18.8. The highest BCUT2D eigenvalue weighted by molar-refractivity contribution is 5.79. The van der Waals surface area contributed by atoms with Crippen molar-refractivity contribution in [1.82, 2.24) is 113 Å². The molecule has 0 fully saturated rings. The smallest absolute Gasteiger partial charge is 0.222 e. The molecule has 0 unspecified atom stereocenters. The third kappa shape index (κ3) is 33.6. The molecule has 0 saturated heterocycles. The highest BCUT2D eigenvalue weighted by Gasteiger charge is 2.17. The maximum atomic E-state index is 13.1. The third-order valence-electron chi connectivity index (χ3n) is 11.7. The highest BCUT2D eigenvalue weighted by Crippen LogP contribution is 2.03. The average Bonchev–Trinajstić information content (AvgIpc) is 4.34. The second kappa shape index (κ2) is 41.1. The van der Waals surface area contributed by atoms with Crippen LogP contribution in [0.4, 0.5) is 0 Å². The molecule has 0 aliphatic carbocycles. The minimum absolute atomic E-state index is 0.0592. The van der Waals surface area contributed by atoms with Gasteiger partial charge in [0.15, 0.2) is 0 Å². The number of H-pyrrole nitrogens is 1. The van der Waals surface area contributed by atoms with Gasteiger partial charge in [0.25, 0.3) is 0 Å². The molecule has 34 heteroatoms. The largest absolute Gasteiger partial charge is 0.374 e. The van der Waals surface area contributed by atoms with Crippen molar-refractivity contribution in [2.45, 2.75) is 77.8 Å². The molecule has 0 atom stereocenters. The van der Waals surface area contributed by atoms with E-state index in [1.54, 1.807) is 53.8 Å². The Morgan fingerprint density at radius 3 is 0.867 bits per heavy atom. The van der Waals surface area contributed by atoms with Crippen LogP contribution >= 0.6 is 0 Å². The predicted octanol–water partition coefficient (Wildman–Crippen LogP) is -4.99. The van der Waals surface area contributed by atoms with E-state index in [9.17, 15) is 38.4 Å². The fourth-order valence-electron chi connectivity index (χ4n) is 7.36. The van der Waals surface area contributed by atoms with Crippen LogP contribution in [-0.4, -0.2) is 236 Å². The van der Waals surface area contributed by atoms with E-state index in [0.717, 1.165) is 0 Å². The van der Waals surface area contributed by atoms with Crippen LogP contribution in [0.3, 0.4) is 0 Å². The van der Waals surface area contributed by atoms with Crippen LogP contribution in [0.15, 0.2) is 24.8 Å². The number of rotatable bonds is 47. The quantitative estimate of drug-likeness (QED) is 0.0187. The van der Waals surface area contributed by atoms with Gasteiger partial charge in [0.1, 0.15) is 22.8 Å². The summed E-state index contributed by atoms with van der Waals surface area (Å²) in [4.78, 5) is 105. The van der Waals surface area contributed by atoms with Gasteiger partial charge in [-0.15, -0.1) is 15.3 Å². The molecule has 460 valence electrons. The number of nitrogens with one attached hydrogen (secondary N) is 9. The first-order chi connectivity index (χ1) is 40.2. The minimum Gasteiger partial charge on any atom is -0.374 e. The molecule has 0 aliphatic rings. The van der Waals surface area contributed by atoms with Crippen molar-refractivity contribution in [3.8, 4) is 0 Å². The fourth-order valence-corrected chi connectivity index (χ4v) is 7.36. The van der Waals surface area contributed by atoms with Gasteiger partial charge in [-0.25, -0.2) is 0 Å². The summed E-state index contributed by atoms with van der Waals surface area (Å²) < 4.78 is 26.6. The first kappa shape index (κ1) is 67.6. The Bertz CT molecular complexity index is 2440. The molecule has 83 heavy (non-hydrogen) atoms. The monoisotopic (exact) mass is 1170 g/mol. The Balaban J connectivity index is 1.24. The van der Waals surface area contributed by atoms with Crippen LogP contribution in [0, 0.1) is 0 Å². The lowest BCUT2D eigenvalue weighted by Crippen LogP contribution is -2.42. The van der Waals surface area contributed by atoms with E-state index in [0.29, 0.717) is 35.9 Å². The standard InChI is InChI=1S/C49H82N22O12/c1-67-31-39(60-64-67)35-81-27-9-47(77)55-17-13-51-43(73)5-21-70(20-4-42(72)50-12-16-54-46(76)8-26-80-34-38-30-58-63-59-38)24-25-71(22-6-44(74)52-14-18-56-48(78)10-28-82-36-40-32-68(2)65-61-40)23-7-45(75)53-15-19-57-49(79)11-29-83-37-41-33-69(3)66-62-41/h30-33H,4-29,34-37H2,1-3H3,(H,50,72)(H,51,73)(H,52,74)(H,53,75)(H,54,76)(H,55,77)(H,56,78)(H,57,79)(H,58,59,63). The number of carbonyl (C=O) groups is 8. The molecule has 4 rings (SSSR count). The molecule has 0 radical (unpaired) electrons. The van der Waals surface area contributed by atoms with Crippen molar-refractivity contribution in [3.63, 3.8) is 0 Å². The van der Waals surface area contributed by atoms with Gasteiger partial charge in [-0.1, -0.05) is 15.6 Å². The Morgan fingerprint density at radius 1 is 0.386 bits per heavy atom. The summed E-state index contributed by atoms with van der Waals surface area (Å²) >= 11 is 0. The molecule has 8 amide bonds. The van der Waals surface area contributed by atoms with Crippen molar-refractivity contribution in [1.29, 1.82) is 0 Å². The molecular weight excluding hydrogens is 1090 g/mol. The Kier molecular flexibility index (Phi) is 33.5. The van der Waals surface area contributed by atoms with E-state index in [1.165, 1.54) is 6.20 Å². The van der Waals surface area contributed by atoms with Gasteiger partial charge in [0.05, 0.1) is 77.6 Å². The molecule has 4 heterocycles. The molecule has 34 nitrogen and oxygen atoms in total. The van der Waals surface area contributed by atoms with Crippen LogP contribution in [0.1, 0.15) is 74.1 Å². The van der Waals surface area contributed by atoms with Crippen molar-refractivity contribution >= 4 is 47.3 Å². The fraction of sp³-hybridized carbons (Fsp3) is 0.673. The number of ether oxygens (including phenoxy) is 4. The summed E-state index contributed by atoms with van der Waals surface area (Å²) in [5.41, 5.74) is 2.54. The summed E-state index contributed by atoms with van der Waals surface area (Å²) in [6, 6.07) is 0. The van der Waals surface area contributed by atoms with Crippen LogP contribution < -0.4 is 42.5 Å². The van der Waals surface area contributed by atoms with E-state index in [4.69, 9.17) is 18.9 Å². The number of amides is 8. The number of nitrogens with zero attached hydrogens (tertiary/aromatic N) is 13. The molecule has 0 aromatic carbocycles. The Morgan fingerprint density at radius 2 is 0.639 bits per heavy atom. The lowest BCUT2D eigenvalue weighted by atomic mass is 10.2. The number of aryl methyl sites for hydroxylation is 3. The second-order valence-electron chi connectivity index (χ2n) is 18.8. The van der Waals surface area contributed by atoms with Gasteiger partial charge in [0, 0.05) is 164 Å². The van der Waals surface area contributed by atoms with Crippen molar-refractivity contribution in [2.24, 2.45) is 21.1 Å². The third-order valence-corrected chi connectivity index (χ3v) is 11.7. The van der Waals surface area contributed by atoms with Gasteiger partial charge in [-0.05, 0) is 0 Å². The lowest BCUT2D eigenvalue weighted by molar-refractivity contribution is -0.124. The maximum Gasteiger partial charge on any atom is 0.222 e. The molecule has 0 aliphatic heterocycles. The molecule has 0 spiro atoms.